The zero-order chi connectivity index (χ0) is 10.6. The number of hydrazone groups is 1. The number of rotatable bonds is 3. The fraction of sp³-hybridized carbons (Fsp3) is 0.222. The minimum Gasteiger partial charge on any atom is -0.492 e. The van der Waals surface area contributed by atoms with Crippen molar-refractivity contribution in [3.8, 4) is 5.75 Å². The molecule has 1 rings (SSSR count). The van der Waals surface area contributed by atoms with Gasteiger partial charge in [-0.05, 0) is 35.0 Å². The smallest absolute Gasteiger partial charge is 0.142 e. The van der Waals surface area contributed by atoms with Crippen LogP contribution in [0.4, 0.5) is 0 Å². The molecule has 0 aliphatic rings. The van der Waals surface area contributed by atoms with Gasteiger partial charge in [0, 0.05) is 10.0 Å². The highest BCUT2D eigenvalue weighted by Crippen LogP contribution is 2.31. The second kappa shape index (κ2) is 5.36. The zero-order valence-electron chi connectivity index (χ0n) is 7.63. The predicted octanol–water partition coefficient (Wildman–Crippen LogP) is 2.90. The van der Waals surface area contributed by atoms with Crippen LogP contribution in [0, 0.1) is 0 Å². The van der Waals surface area contributed by atoms with Crippen LogP contribution in [0.1, 0.15) is 12.5 Å². The van der Waals surface area contributed by atoms with E-state index in [9.17, 15) is 0 Å². The Balaban J connectivity index is 3.21. The topological polar surface area (TPSA) is 47.6 Å². The van der Waals surface area contributed by atoms with Gasteiger partial charge in [0.05, 0.1) is 17.3 Å². The summed E-state index contributed by atoms with van der Waals surface area (Å²) in [5.74, 6) is 5.86. The maximum atomic E-state index is 5.46. The normalized spacial score (nSPS) is 10.8. The summed E-state index contributed by atoms with van der Waals surface area (Å²) in [5, 5.41) is 3.48. The van der Waals surface area contributed by atoms with Crippen molar-refractivity contribution >= 4 is 38.1 Å². The first-order chi connectivity index (χ1) is 6.69. The zero-order valence-corrected chi connectivity index (χ0v) is 10.8. The van der Waals surface area contributed by atoms with Crippen LogP contribution in [0.5, 0.6) is 5.75 Å². The van der Waals surface area contributed by atoms with Gasteiger partial charge in [-0.15, -0.1) is 0 Å². The lowest BCUT2D eigenvalue weighted by molar-refractivity contribution is 0.337. The third-order valence-electron chi connectivity index (χ3n) is 1.54. The lowest BCUT2D eigenvalue weighted by Crippen LogP contribution is -1.98. The highest BCUT2D eigenvalue weighted by Gasteiger charge is 2.07. The summed E-state index contributed by atoms with van der Waals surface area (Å²) in [4.78, 5) is 0. The Morgan fingerprint density at radius 1 is 1.50 bits per heavy atom. The SMILES string of the molecule is CCOc1c(Br)cc(Br)cc1C=NN. The molecule has 14 heavy (non-hydrogen) atoms. The summed E-state index contributed by atoms with van der Waals surface area (Å²) < 4.78 is 7.29. The van der Waals surface area contributed by atoms with E-state index < -0.39 is 0 Å². The van der Waals surface area contributed by atoms with Gasteiger partial charge in [-0.25, -0.2) is 0 Å². The highest BCUT2D eigenvalue weighted by atomic mass is 79.9. The number of hydrogen-bond donors (Lipinski definition) is 1. The van der Waals surface area contributed by atoms with Crippen molar-refractivity contribution in [2.45, 2.75) is 6.92 Å². The lowest BCUT2D eigenvalue weighted by Gasteiger charge is -2.09. The molecule has 0 bridgehead atoms. The van der Waals surface area contributed by atoms with Crippen molar-refractivity contribution in [3.63, 3.8) is 0 Å². The molecule has 0 heterocycles. The highest BCUT2D eigenvalue weighted by molar-refractivity contribution is 9.11. The van der Waals surface area contributed by atoms with Crippen LogP contribution in [0.2, 0.25) is 0 Å². The summed E-state index contributed by atoms with van der Waals surface area (Å²) in [7, 11) is 0. The van der Waals surface area contributed by atoms with Crippen LogP contribution >= 0.6 is 31.9 Å². The molecular weight excluding hydrogens is 312 g/mol. The monoisotopic (exact) mass is 320 g/mol. The van der Waals surface area contributed by atoms with Gasteiger partial charge in [-0.1, -0.05) is 15.9 Å². The summed E-state index contributed by atoms with van der Waals surface area (Å²) in [6.45, 7) is 2.53. The van der Waals surface area contributed by atoms with E-state index in [2.05, 4.69) is 37.0 Å². The molecule has 3 nitrogen and oxygen atoms in total. The third kappa shape index (κ3) is 2.72. The van der Waals surface area contributed by atoms with Crippen LogP contribution in [0.15, 0.2) is 26.2 Å². The van der Waals surface area contributed by atoms with E-state index in [4.69, 9.17) is 10.6 Å². The quantitative estimate of drug-likeness (QED) is 0.528. The van der Waals surface area contributed by atoms with Gasteiger partial charge in [0.25, 0.3) is 0 Å². The molecule has 0 spiro atoms. The van der Waals surface area contributed by atoms with Crippen molar-refractivity contribution in [2.75, 3.05) is 6.61 Å². The molecule has 5 heteroatoms. The molecular formula is C9H10Br2N2O. The van der Waals surface area contributed by atoms with Crippen molar-refractivity contribution in [1.82, 2.24) is 0 Å². The Morgan fingerprint density at radius 2 is 2.21 bits per heavy atom. The van der Waals surface area contributed by atoms with Gasteiger partial charge >= 0.3 is 0 Å². The van der Waals surface area contributed by atoms with Gasteiger partial charge in [0.2, 0.25) is 0 Å². The van der Waals surface area contributed by atoms with Crippen LogP contribution in [0.25, 0.3) is 0 Å². The van der Waals surface area contributed by atoms with Crippen LogP contribution in [0.3, 0.4) is 0 Å². The van der Waals surface area contributed by atoms with Crippen molar-refractivity contribution in [3.05, 3.63) is 26.6 Å². The van der Waals surface area contributed by atoms with E-state index in [0.717, 1.165) is 20.3 Å². The number of hydrogen-bond acceptors (Lipinski definition) is 3. The van der Waals surface area contributed by atoms with Crippen LogP contribution in [-0.4, -0.2) is 12.8 Å². The lowest BCUT2D eigenvalue weighted by atomic mass is 10.2. The summed E-state index contributed by atoms with van der Waals surface area (Å²) in [5.41, 5.74) is 0.843. The molecule has 0 saturated carbocycles. The van der Waals surface area contributed by atoms with E-state index in [1.807, 2.05) is 19.1 Å². The molecule has 0 aromatic heterocycles. The second-order valence-corrected chi connectivity index (χ2v) is 4.29. The molecule has 0 atom stereocenters. The van der Waals surface area contributed by atoms with Gasteiger partial charge in [-0.2, -0.15) is 5.10 Å². The fourth-order valence-electron chi connectivity index (χ4n) is 1.05. The molecule has 76 valence electrons. The average Bonchev–Trinajstić information content (AvgIpc) is 2.11. The van der Waals surface area contributed by atoms with E-state index in [1.165, 1.54) is 0 Å². The Kier molecular flexibility index (Phi) is 4.41. The number of nitrogens with zero attached hydrogens (tertiary/aromatic N) is 1. The predicted molar refractivity (Wildman–Crippen MR) is 64.8 cm³/mol. The van der Waals surface area contributed by atoms with Gasteiger partial charge in [0.1, 0.15) is 5.75 Å². The first kappa shape index (κ1) is 11.5. The number of ether oxygens (including phenoxy) is 1. The maximum Gasteiger partial charge on any atom is 0.142 e. The number of halogens is 2. The molecule has 0 radical (unpaired) electrons. The average molecular weight is 322 g/mol. The molecule has 0 fully saturated rings. The van der Waals surface area contributed by atoms with Crippen LogP contribution < -0.4 is 10.6 Å². The minimum atomic E-state index is 0.603. The molecule has 0 aliphatic carbocycles. The molecule has 2 N–H and O–H groups in total. The molecule has 1 aromatic rings. The molecule has 0 saturated heterocycles. The first-order valence-electron chi connectivity index (χ1n) is 4.04. The number of nitrogens with two attached hydrogens (primary N) is 1. The third-order valence-corrected chi connectivity index (χ3v) is 2.59. The summed E-state index contributed by atoms with van der Waals surface area (Å²) in [6, 6.07) is 3.81. The molecule has 0 amide bonds. The minimum absolute atomic E-state index is 0.603. The Labute approximate surface area is 99.6 Å². The Morgan fingerprint density at radius 3 is 2.79 bits per heavy atom. The Hall–Kier alpha value is -0.550. The Bertz CT molecular complexity index is 353. The van der Waals surface area contributed by atoms with E-state index in [1.54, 1.807) is 6.21 Å². The van der Waals surface area contributed by atoms with Crippen molar-refractivity contribution in [1.29, 1.82) is 0 Å². The molecule has 0 unspecified atom stereocenters. The standard InChI is InChI=1S/C9H10Br2N2O/c1-2-14-9-6(5-13-12)3-7(10)4-8(9)11/h3-5H,2,12H2,1H3. The van der Waals surface area contributed by atoms with Gasteiger partial charge in [0.15, 0.2) is 0 Å². The van der Waals surface area contributed by atoms with Crippen LogP contribution in [-0.2, 0) is 0 Å². The van der Waals surface area contributed by atoms with Crippen molar-refractivity contribution < 1.29 is 4.74 Å². The first-order valence-corrected chi connectivity index (χ1v) is 5.62. The van der Waals surface area contributed by atoms with E-state index in [0.29, 0.717) is 6.61 Å². The largest absolute Gasteiger partial charge is 0.492 e. The summed E-state index contributed by atoms with van der Waals surface area (Å²) >= 11 is 6.79. The second-order valence-electron chi connectivity index (χ2n) is 2.52. The van der Waals surface area contributed by atoms with Gasteiger partial charge < -0.3 is 10.6 Å². The molecule has 0 aliphatic heterocycles. The van der Waals surface area contributed by atoms with Crippen molar-refractivity contribution in [2.24, 2.45) is 10.9 Å². The van der Waals surface area contributed by atoms with E-state index in [-0.39, 0.29) is 0 Å². The number of benzene rings is 1. The van der Waals surface area contributed by atoms with Gasteiger partial charge in [-0.3, -0.25) is 0 Å². The van der Waals surface area contributed by atoms with E-state index >= 15 is 0 Å². The summed E-state index contributed by atoms with van der Waals surface area (Å²) in [6.07, 6.45) is 1.56. The fourth-order valence-corrected chi connectivity index (χ4v) is 2.43. The molecule has 1 aromatic carbocycles. The maximum absolute atomic E-state index is 5.46.